The van der Waals surface area contributed by atoms with Crippen molar-refractivity contribution in [2.75, 3.05) is 25.1 Å². The van der Waals surface area contributed by atoms with Gasteiger partial charge in [0.05, 0.1) is 13.7 Å². The zero-order valence-electron chi connectivity index (χ0n) is 9.78. The summed E-state index contributed by atoms with van der Waals surface area (Å²) in [6.45, 7) is 2.28. The van der Waals surface area contributed by atoms with E-state index in [-0.39, 0.29) is 6.61 Å². The third-order valence-corrected chi connectivity index (χ3v) is 3.16. The average molecular weight is 221 g/mol. The Morgan fingerprint density at radius 3 is 2.62 bits per heavy atom. The first-order valence-corrected chi connectivity index (χ1v) is 5.88. The van der Waals surface area contributed by atoms with Crippen molar-refractivity contribution in [3.05, 3.63) is 23.8 Å². The molecule has 0 unspecified atom stereocenters. The Morgan fingerprint density at radius 1 is 1.25 bits per heavy atom. The Bertz CT molecular complexity index is 346. The van der Waals surface area contributed by atoms with Gasteiger partial charge in [-0.1, -0.05) is 6.07 Å². The minimum absolute atomic E-state index is 0.0312. The minimum Gasteiger partial charge on any atom is -0.496 e. The maximum atomic E-state index is 9.16. The van der Waals surface area contributed by atoms with Crippen LogP contribution in [0.4, 0.5) is 5.69 Å². The van der Waals surface area contributed by atoms with E-state index in [9.17, 15) is 0 Å². The predicted octanol–water partition coefficient (Wildman–Crippen LogP) is 2.18. The summed E-state index contributed by atoms with van der Waals surface area (Å²) in [6, 6.07) is 6.04. The van der Waals surface area contributed by atoms with Gasteiger partial charge in [0.25, 0.3) is 0 Å². The molecule has 1 N–H and O–H groups in total. The molecule has 0 spiro atoms. The summed E-state index contributed by atoms with van der Waals surface area (Å²) in [4.78, 5) is 2.38. The van der Waals surface area contributed by atoms with E-state index >= 15 is 0 Å². The number of hydrogen-bond acceptors (Lipinski definition) is 3. The van der Waals surface area contributed by atoms with Gasteiger partial charge in [-0.05, 0) is 25.3 Å². The van der Waals surface area contributed by atoms with Crippen molar-refractivity contribution in [2.24, 2.45) is 0 Å². The van der Waals surface area contributed by atoms with Crippen molar-refractivity contribution in [3.63, 3.8) is 0 Å². The molecule has 2 rings (SSSR count). The fourth-order valence-electron chi connectivity index (χ4n) is 2.21. The molecule has 3 heteroatoms. The third kappa shape index (κ3) is 2.30. The van der Waals surface area contributed by atoms with Crippen molar-refractivity contribution < 1.29 is 9.84 Å². The van der Waals surface area contributed by atoms with E-state index in [0.29, 0.717) is 0 Å². The van der Waals surface area contributed by atoms with Crippen molar-refractivity contribution in [3.8, 4) is 5.75 Å². The average Bonchev–Trinajstić information content (AvgIpc) is 2.39. The molecular weight excluding hydrogens is 202 g/mol. The molecule has 0 bridgehead atoms. The van der Waals surface area contributed by atoms with E-state index in [1.54, 1.807) is 7.11 Å². The lowest BCUT2D eigenvalue weighted by Gasteiger charge is -2.29. The lowest BCUT2D eigenvalue weighted by atomic mass is 10.1. The molecule has 0 saturated carbocycles. The monoisotopic (exact) mass is 221 g/mol. The van der Waals surface area contributed by atoms with Crippen LogP contribution in [0.1, 0.15) is 24.8 Å². The Kier molecular flexibility index (Phi) is 3.67. The maximum absolute atomic E-state index is 9.16. The Labute approximate surface area is 96.6 Å². The Hall–Kier alpha value is -1.22. The first-order valence-electron chi connectivity index (χ1n) is 5.88. The highest BCUT2D eigenvalue weighted by atomic mass is 16.5. The Balaban J connectivity index is 2.20. The van der Waals surface area contributed by atoms with Crippen LogP contribution in [-0.4, -0.2) is 25.3 Å². The highest BCUT2D eigenvalue weighted by Gasteiger charge is 2.12. The van der Waals surface area contributed by atoms with Crippen LogP contribution in [0.3, 0.4) is 0 Å². The van der Waals surface area contributed by atoms with Crippen LogP contribution in [0, 0.1) is 0 Å². The summed E-state index contributed by atoms with van der Waals surface area (Å²) in [6.07, 6.45) is 3.87. The van der Waals surface area contributed by atoms with E-state index in [4.69, 9.17) is 9.84 Å². The van der Waals surface area contributed by atoms with Crippen LogP contribution in [0.5, 0.6) is 5.75 Å². The molecule has 88 valence electrons. The molecule has 0 atom stereocenters. The molecule has 1 aromatic carbocycles. The zero-order chi connectivity index (χ0) is 11.4. The lowest BCUT2D eigenvalue weighted by Crippen LogP contribution is -2.29. The van der Waals surface area contributed by atoms with E-state index in [2.05, 4.69) is 11.0 Å². The van der Waals surface area contributed by atoms with Crippen LogP contribution >= 0.6 is 0 Å². The van der Waals surface area contributed by atoms with Crippen LogP contribution in [-0.2, 0) is 6.61 Å². The van der Waals surface area contributed by atoms with Crippen LogP contribution < -0.4 is 9.64 Å². The number of methoxy groups -OCH3 is 1. The molecular formula is C13H19NO2. The second kappa shape index (κ2) is 5.21. The van der Waals surface area contributed by atoms with Crippen molar-refractivity contribution in [1.29, 1.82) is 0 Å². The van der Waals surface area contributed by atoms with Crippen LogP contribution in [0.25, 0.3) is 0 Å². The standard InChI is InChI=1S/C13H19NO2/c1-16-13-9-12(6-5-11(13)10-15)14-7-3-2-4-8-14/h5-6,9,15H,2-4,7-8,10H2,1H3. The minimum atomic E-state index is 0.0312. The molecule has 1 heterocycles. The van der Waals surface area contributed by atoms with Crippen molar-refractivity contribution in [2.45, 2.75) is 25.9 Å². The summed E-state index contributed by atoms with van der Waals surface area (Å²) in [5.74, 6) is 0.783. The quantitative estimate of drug-likeness (QED) is 0.849. The molecule has 1 saturated heterocycles. The van der Waals surface area contributed by atoms with Gasteiger partial charge < -0.3 is 14.7 Å². The first-order chi connectivity index (χ1) is 7.85. The van der Waals surface area contributed by atoms with Gasteiger partial charge in [-0.3, -0.25) is 0 Å². The summed E-state index contributed by atoms with van der Waals surface area (Å²) in [7, 11) is 1.65. The van der Waals surface area contributed by atoms with Crippen LogP contribution in [0.15, 0.2) is 18.2 Å². The van der Waals surface area contributed by atoms with Crippen molar-refractivity contribution in [1.82, 2.24) is 0 Å². The van der Waals surface area contributed by atoms with Crippen molar-refractivity contribution >= 4 is 5.69 Å². The third-order valence-electron chi connectivity index (χ3n) is 3.16. The second-order valence-corrected chi connectivity index (χ2v) is 4.20. The van der Waals surface area contributed by atoms with Gasteiger partial charge in [0.2, 0.25) is 0 Å². The number of ether oxygens (including phenoxy) is 1. The zero-order valence-corrected chi connectivity index (χ0v) is 9.78. The molecule has 1 fully saturated rings. The molecule has 1 aromatic rings. The first kappa shape index (κ1) is 11.3. The second-order valence-electron chi connectivity index (χ2n) is 4.20. The number of aliphatic hydroxyl groups is 1. The highest BCUT2D eigenvalue weighted by molar-refractivity contribution is 5.54. The largest absolute Gasteiger partial charge is 0.496 e. The van der Waals surface area contributed by atoms with E-state index in [0.717, 1.165) is 24.4 Å². The van der Waals surface area contributed by atoms with E-state index in [1.165, 1.54) is 24.9 Å². The molecule has 0 aromatic heterocycles. The molecule has 3 nitrogen and oxygen atoms in total. The van der Waals surface area contributed by atoms with Gasteiger partial charge in [-0.2, -0.15) is 0 Å². The van der Waals surface area contributed by atoms with Gasteiger partial charge in [0.1, 0.15) is 5.75 Å². The molecule has 0 amide bonds. The number of anilines is 1. The fourth-order valence-corrected chi connectivity index (χ4v) is 2.21. The van der Waals surface area contributed by atoms with Gasteiger partial charge in [-0.15, -0.1) is 0 Å². The Morgan fingerprint density at radius 2 is 2.00 bits per heavy atom. The van der Waals surface area contributed by atoms with E-state index < -0.39 is 0 Å². The molecule has 16 heavy (non-hydrogen) atoms. The van der Waals surface area contributed by atoms with Crippen LogP contribution in [0.2, 0.25) is 0 Å². The molecule has 0 radical (unpaired) electrons. The van der Waals surface area contributed by atoms with Gasteiger partial charge in [0, 0.05) is 30.4 Å². The van der Waals surface area contributed by atoms with Gasteiger partial charge in [0.15, 0.2) is 0 Å². The normalized spacial score (nSPS) is 16.2. The summed E-state index contributed by atoms with van der Waals surface area (Å²) < 4.78 is 5.28. The molecule has 1 aliphatic rings. The SMILES string of the molecule is COc1cc(N2CCCCC2)ccc1CO. The number of benzene rings is 1. The predicted molar refractivity (Wildman–Crippen MR) is 65.0 cm³/mol. The number of hydrogen-bond donors (Lipinski definition) is 1. The number of aliphatic hydroxyl groups excluding tert-OH is 1. The van der Waals surface area contributed by atoms with Gasteiger partial charge in [-0.25, -0.2) is 0 Å². The topological polar surface area (TPSA) is 32.7 Å². The smallest absolute Gasteiger partial charge is 0.126 e. The summed E-state index contributed by atoms with van der Waals surface area (Å²) in [5.41, 5.74) is 2.05. The number of piperidine rings is 1. The maximum Gasteiger partial charge on any atom is 0.126 e. The molecule has 0 aliphatic carbocycles. The lowest BCUT2D eigenvalue weighted by molar-refractivity contribution is 0.274. The number of nitrogens with zero attached hydrogens (tertiary/aromatic N) is 1. The van der Waals surface area contributed by atoms with Gasteiger partial charge >= 0.3 is 0 Å². The van der Waals surface area contributed by atoms with E-state index in [1.807, 2.05) is 12.1 Å². The number of rotatable bonds is 3. The summed E-state index contributed by atoms with van der Waals surface area (Å²) >= 11 is 0. The fraction of sp³-hybridized carbons (Fsp3) is 0.538. The highest BCUT2D eigenvalue weighted by Crippen LogP contribution is 2.27. The molecule has 1 aliphatic heterocycles. The summed E-state index contributed by atoms with van der Waals surface area (Å²) in [5, 5.41) is 9.16.